The number of aromatic nitrogens is 2. The first-order chi connectivity index (χ1) is 11.6. The average Bonchev–Trinajstić information content (AvgIpc) is 2.97. The Labute approximate surface area is 136 Å². The molecule has 6 heteroatoms. The molecule has 0 fully saturated rings. The molecule has 0 aliphatic heterocycles. The summed E-state index contributed by atoms with van der Waals surface area (Å²) in [6, 6.07) is 13.9. The van der Waals surface area contributed by atoms with Crippen molar-refractivity contribution in [2.45, 2.75) is 6.92 Å². The van der Waals surface area contributed by atoms with E-state index in [1.165, 1.54) is 6.07 Å². The fourth-order valence-corrected chi connectivity index (χ4v) is 2.56. The topological polar surface area (TPSA) is 88.0 Å². The minimum Gasteiger partial charge on any atom is -0.451 e. The van der Waals surface area contributed by atoms with Crippen LogP contribution in [-0.2, 0) is 0 Å². The lowest BCUT2D eigenvalue weighted by molar-refractivity contribution is 0.0996. The first-order valence-electron chi connectivity index (χ1n) is 7.41. The van der Waals surface area contributed by atoms with Crippen molar-refractivity contribution < 1.29 is 9.21 Å². The van der Waals surface area contributed by atoms with Gasteiger partial charge in [-0.25, -0.2) is 4.98 Å². The van der Waals surface area contributed by atoms with Crippen molar-refractivity contribution in [2.75, 3.05) is 5.32 Å². The highest BCUT2D eigenvalue weighted by molar-refractivity contribution is 6.02. The molecule has 4 aromatic rings. The van der Waals surface area contributed by atoms with Crippen molar-refractivity contribution >= 4 is 33.9 Å². The van der Waals surface area contributed by atoms with Crippen LogP contribution in [0.25, 0.3) is 22.0 Å². The number of carbonyl (C=O) groups excluding carboxylic acids is 1. The Bertz CT molecular complexity index is 1110. The largest absolute Gasteiger partial charge is 0.451 e. The summed E-state index contributed by atoms with van der Waals surface area (Å²) in [5.74, 6) is -0.293. The van der Waals surface area contributed by atoms with Crippen LogP contribution in [0.2, 0.25) is 0 Å². The quantitative estimate of drug-likeness (QED) is 0.594. The molecule has 0 bridgehead atoms. The van der Waals surface area contributed by atoms with Gasteiger partial charge in [-0.3, -0.25) is 14.9 Å². The molecule has 0 saturated heterocycles. The van der Waals surface area contributed by atoms with E-state index in [9.17, 15) is 9.59 Å². The van der Waals surface area contributed by atoms with Crippen LogP contribution in [0.1, 0.15) is 16.1 Å². The van der Waals surface area contributed by atoms with E-state index in [2.05, 4.69) is 15.3 Å². The van der Waals surface area contributed by atoms with Gasteiger partial charge < -0.3 is 9.40 Å². The number of aryl methyl sites for hydroxylation is 1. The molecule has 2 heterocycles. The number of hydrogen-bond donors (Lipinski definition) is 2. The van der Waals surface area contributed by atoms with Crippen molar-refractivity contribution in [3.8, 4) is 0 Å². The van der Waals surface area contributed by atoms with Crippen LogP contribution in [0.5, 0.6) is 0 Å². The third-order valence-electron chi connectivity index (χ3n) is 3.73. The summed E-state index contributed by atoms with van der Waals surface area (Å²) in [5, 5.41) is 3.07. The van der Waals surface area contributed by atoms with Crippen LogP contribution in [0.3, 0.4) is 0 Å². The summed E-state index contributed by atoms with van der Waals surface area (Å²) >= 11 is 0. The summed E-state index contributed by atoms with van der Waals surface area (Å²) in [5.41, 5.74) is 2.62. The SMILES string of the molecule is Cc1ccc2oc(C(=O)Nc3nc4ccccc4[nH]3)cc(=O)c2c1. The Morgan fingerprint density at radius 1 is 1.17 bits per heavy atom. The van der Waals surface area contributed by atoms with Crippen molar-refractivity contribution in [3.05, 3.63) is 70.1 Å². The van der Waals surface area contributed by atoms with E-state index in [1.807, 2.05) is 37.3 Å². The monoisotopic (exact) mass is 319 g/mol. The second kappa shape index (κ2) is 5.34. The number of nitrogens with zero attached hydrogens (tertiary/aromatic N) is 1. The van der Waals surface area contributed by atoms with E-state index in [-0.39, 0.29) is 11.2 Å². The zero-order valence-corrected chi connectivity index (χ0v) is 12.8. The molecule has 0 spiro atoms. The lowest BCUT2D eigenvalue weighted by atomic mass is 10.1. The highest BCUT2D eigenvalue weighted by atomic mass is 16.3. The molecule has 4 rings (SSSR count). The Morgan fingerprint density at radius 3 is 2.83 bits per heavy atom. The van der Waals surface area contributed by atoms with Crippen molar-refractivity contribution in [2.24, 2.45) is 0 Å². The number of aromatic amines is 1. The number of carbonyl (C=O) groups is 1. The van der Waals surface area contributed by atoms with Crippen LogP contribution in [0, 0.1) is 6.92 Å². The van der Waals surface area contributed by atoms with Crippen LogP contribution in [0.4, 0.5) is 5.95 Å². The molecule has 0 unspecified atom stereocenters. The fourth-order valence-electron chi connectivity index (χ4n) is 2.56. The molecular formula is C18H13N3O3. The maximum absolute atomic E-state index is 12.3. The number of imidazole rings is 1. The van der Waals surface area contributed by atoms with Gasteiger partial charge in [0.1, 0.15) is 5.58 Å². The lowest BCUT2D eigenvalue weighted by Gasteiger charge is -2.03. The molecule has 24 heavy (non-hydrogen) atoms. The first-order valence-corrected chi connectivity index (χ1v) is 7.41. The Morgan fingerprint density at radius 2 is 2.00 bits per heavy atom. The van der Waals surface area contributed by atoms with Gasteiger partial charge in [-0.1, -0.05) is 23.8 Å². The summed E-state index contributed by atoms with van der Waals surface area (Å²) in [6.45, 7) is 1.89. The molecule has 0 aliphatic carbocycles. The van der Waals surface area contributed by atoms with Crippen LogP contribution < -0.4 is 10.7 Å². The second-order valence-electron chi connectivity index (χ2n) is 5.53. The number of H-pyrrole nitrogens is 1. The molecular weight excluding hydrogens is 306 g/mol. The Kier molecular flexibility index (Phi) is 3.16. The third kappa shape index (κ3) is 2.44. The van der Waals surface area contributed by atoms with E-state index < -0.39 is 5.91 Å². The van der Waals surface area contributed by atoms with Gasteiger partial charge >= 0.3 is 0 Å². The molecule has 1 amide bonds. The van der Waals surface area contributed by atoms with Gasteiger partial charge in [-0.05, 0) is 31.2 Å². The number of benzene rings is 2. The molecule has 0 aliphatic rings. The lowest BCUT2D eigenvalue weighted by Crippen LogP contribution is -2.15. The van der Waals surface area contributed by atoms with Crippen LogP contribution in [-0.4, -0.2) is 15.9 Å². The zero-order chi connectivity index (χ0) is 16.7. The second-order valence-corrected chi connectivity index (χ2v) is 5.53. The number of nitrogens with one attached hydrogen (secondary N) is 2. The number of fused-ring (bicyclic) bond motifs is 2. The first kappa shape index (κ1) is 14.2. The molecule has 2 N–H and O–H groups in total. The fraction of sp³-hybridized carbons (Fsp3) is 0.0556. The minimum atomic E-state index is -0.534. The summed E-state index contributed by atoms with van der Waals surface area (Å²) < 4.78 is 5.55. The minimum absolute atomic E-state index is 0.0585. The van der Waals surface area contributed by atoms with Gasteiger partial charge in [0, 0.05) is 6.07 Å². The number of hydrogen-bond acceptors (Lipinski definition) is 4. The van der Waals surface area contributed by atoms with Gasteiger partial charge in [-0.15, -0.1) is 0 Å². The summed E-state index contributed by atoms with van der Waals surface area (Å²) in [7, 11) is 0. The van der Waals surface area contributed by atoms with Gasteiger partial charge in [0.15, 0.2) is 11.2 Å². The van der Waals surface area contributed by atoms with Crippen LogP contribution in [0.15, 0.2) is 57.7 Å². The van der Waals surface area contributed by atoms with Crippen molar-refractivity contribution in [1.82, 2.24) is 9.97 Å². The highest BCUT2D eigenvalue weighted by Crippen LogP contribution is 2.16. The van der Waals surface area contributed by atoms with Gasteiger partial charge in [-0.2, -0.15) is 0 Å². The van der Waals surface area contributed by atoms with Gasteiger partial charge in [0.05, 0.1) is 16.4 Å². The Hall–Kier alpha value is -3.41. The number of rotatable bonds is 2. The van der Waals surface area contributed by atoms with E-state index in [0.717, 1.165) is 16.6 Å². The molecule has 6 nitrogen and oxygen atoms in total. The molecule has 2 aromatic heterocycles. The normalized spacial score (nSPS) is 11.0. The maximum atomic E-state index is 12.3. The van der Waals surface area contributed by atoms with Crippen LogP contribution >= 0.6 is 0 Å². The molecule has 2 aromatic carbocycles. The van der Waals surface area contributed by atoms with E-state index >= 15 is 0 Å². The van der Waals surface area contributed by atoms with E-state index in [0.29, 0.717) is 16.9 Å². The zero-order valence-electron chi connectivity index (χ0n) is 12.8. The predicted octanol–water partition coefficient (Wildman–Crippen LogP) is 3.23. The van der Waals surface area contributed by atoms with Crippen molar-refractivity contribution in [1.29, 1.82) is 0 Å². The smallest absolute Gasteiger partial charge is 0.293 e. The molecule has 0 atom stereocenters. The maximum Gasteiger partial charge on any atom is 0.293 e. The number of anilines is 1. The standard InChI is InChI=1S/C18H13N3O3/c1-10-6-7-15-11(8-10)14(22)9-16(24-15)17(23)21-18-19-12-4-2-3-5-13(12)20-18/h2-9H,1H3,(H2,19,20,21,23). The van der Waals surface area contributed by atoms with E-state index in [1.54, 1.807) is 12.1 Å². The summed E-state index contributed by atoms with van der Waals surface area (Å²) in [4.78, 5) is 31.8. The molecule has 118 valence electrons. The predicted molar refractivity (Wildman–Crippen MR) is 91.3 cm³/mol. The molecule has 0 saturated carbocycles. The van der Waals surface area contributed by atoms with Gasteiger partial charge in [0.2, 0.25) is 5.95 Å². The summed E-state index contributed by atoms with van der Waals surface area (Å²) in [6.07, 6.45) is 0. The van der Waals surface area contributed by atoms with Gasteiger partial charge in [0.25, 0.3) is 5.91 Å². The highest BCUT2D eigenvalue weighted by Gasteiger charge is 2.14. The van der Waals surface area contributed by atoms with E-state index in [4.69, 9.17) is 4.42 Å². The third-order valence-corrected chi connectivity index (χ3v) is 3.73. The molecule has 0 radical (unpaired) electrons. The average molecular weight is 319 g/mol. The van der Waals surface area contributed by atoms with Crippen molar-refractivity contribution in [3.63, 3.8) is 0 Å². The number of amides is 1. The number of para-hydroxylation sites is 2. The Balaban J connectivity index is 1.70.